The van der Waals surface area contributed by atoms with Gasteiger partial charge >= 0.3 is 0 Å². The van der Waals surface area contributed by atoms with Gasteiger partial charge in [0.15, 0.2) is 5.82 Å². The lowest BCUT2D eigenvalue weighted by atomic mass is 10.0. The van der Waals surface area contributed by atoms with E-state index in [9.17, 15) is 0 Å². The zero-order valence-electron chi connectivity index (χ0n) is 36.0. The van der Waals surface area contributed by atoms with Gasteiger partial charge in [-0.25, -0.2) is 9.97 Å². The molecule has 310 valence electrons. The summed E-state index contributed by atoms with van der Waals surface area (Å²) in [5.41, 5.74) is 7.20. The number of hydrogen-bond donors (Lipinski definition) is 0. The zero-order chi connectivity index (χ0) is 43.4. The molecule has 0 spiro atoms. The molecule has 0 aliphatic carbocycles. The molecule has 0 bridgehead atoms. The molecule has 4 heteroatoms. The highest BCUT2D eigenvalue weighted by Gasteiger charge is 2.35. The number of aryl methyl sites for hydroxylation is 2. The zero-order valence-corrected chi connectivity index (χ0v) is 37.6. The summed E-state index contributed by atoms with van der Waals surface area (Å²) in [5.74, 6) is 0.722. The molecule has 0 radical (unpaired) electrons. The lowest BCUT2D eigenvalue weighted by molar-refractivity contribution is 1.16. The third-order valence-electron chi connectivity index (χ3n) is 12.0. The van der Waals surface area contributed by atoms with Crippen molar-refractivity contribution in [2.75, 3.05) is 0 Å². The van der Waals surface area contributed by atoms with Crippen LogP contribution in [0.3, 0.4) is 0 Å². The second-order valence-corrected chi connectivity index (χ2v) is 22.1. The van der Waals surface area contributed by atoms with E-state index >= 15 is 0 Å². The lowest BCUT2D eigenvalue weighted by Gasteiger charge is -2.42. The molecule has 2 nitrogen and oxygen atoms in total. The topological polar surface area (TPSA) is 25.8 Å². The molecule has 0 aliphatic rings. The highest BCUT2D eigenvalue weighted by atomic mass is 32.3. The predicted octanol–water partition coefficient (Wildman–Crippen LogP) is 16.8. The van der Waals surface area contributed by atoms with Crippen LogP contribution in [0.25, 0.3) is 33.9 Å². The molecule has 0 amide bonds. The fraction of sp³-hybridized carbons (Fsp3) is 0.0333. The second kappa shape index (κ2) is 17.9. The Kier molecular flexibility index (Phi) is 11.4. The summed E-state index contributed by atoms with van der Waals surface area (Å²) in [6.07, 6.45) is 0. The maximum absolute atomic E-state index is 5.48. The molecular weight excluding hydrogens is 813 g/mol. The van der Waals surface area contributed by atoms with Crippen LogP contribution in [0, 0.1) is 13.8 Å². The van der Waals surface area contributed by atoms with Gasteiger partial charge in [-0.1, -0.05) is 152 Å². The number of nitrogens with zero attached hydrogens (tertiary/aromatic N) is 2. The maximum atomic E-state index is 5.48. The third kappa shape index (κ3) is 7.35. The van der Waals surface area contributed by atoms with Crippen molar-refractivity contribution in [3.63, 3.8) is 0 Å². The largest absolute Gasteiger partial charge is 0.228 e. The van der Waals surface area contributed by atoms with E-state index in [-0.39, 0.29) is 0 Å². The van der Waals surface area contributed by atoms with Crippen LogP contribution < -0.4 is 0 Å². The first-order chi connectivity index (χ1) is 31.6. The van der Waals surface area contributed by atoms with E-state index in [1.165, 1.54) is 39.2 Å². The van der Waals surface area contributed by atoms with Crippen LogP contribution in [0.4, 0.5) is 0 Å². The molecular formula is C60H48N2S2. The molecule has 1 aromatic heterocycles. The Balaban J connectivity index is 1.22. The molecule has 1 heterocycles. The summed E-state index contributed by atoms with van der Waals surface area (Å²) in [6, 6.07) is 93.0. The Morgan fingerprint density at radius 2 is 0.531 bits per heavy atom. The molecule has 0 unspecified atom stereocenters. The summed E-state index contributed by atoms with van der Waals surface area (Å²) in [6.45, 7) is 4.32. The van der Waals surface area contributed by atoms with Crippen molar-refractivity contribution >= 4 is 20.1 Å². The van der Waals surface area contributed by atoms with Gasteiger partial charge < -0.3 is 0 Å². The first-order valence-corrected chi connectivity index (χ1v) is 25.0. The van der Waals surface area contributed by atoms with Crippen LogP contribution in [0.1, 0.15) is 11.1 Å². The molecule has 0 fully saturated rings. The molecule has 10 aromatic rings. The average Bonchev–Trinajstić information content (AvgIpc) is 3.37. The van der Waals surface area contributed by atoms with E-state index in [1.54, 1.807) is 0 Å². The first-order valence-electron chi connectivity index (χ1n) is 21.7. The van der Waals surface area contributed by atoms with Gasteiger partial charge in [-0.3, -0.25) is 0 Å². The molecule has 0 saturated carbocycles. The summed E-state index contributed by atoms with van der Waals surface area (Å²) in [5, 5.41) is 0. The van der Waals surface area contributed by atoms with Crippen molar-refractivity contribution < 1.29 is 0 Å². The monoisotopic (exact) mass is 860 g/mol. The van der Waals surface area contributed by atoms with Crippen molar-refractivity contribution in [2.45, 2.75) is 53.0 Å². The molecule has 64 heavy (non-hydrogen) atoms. The van der Waals surface area contributed by atoms with E-state index in [2.05, 4.69) is 269 Å². The van der Waals surface area contributed by atoms with E-state index in [0.29, 0.717) is 0 Å². The smallest absolute Gasteiger partial charge is 0.160 e. The molecule has 9 aromatic carbocycles. The Labute approximate surface area is 380 Å². The van der Waals surface area contributed by atoms with Crippen LogP contribution in [0.5, 0.6) is 0 Å². The molecule has 0 atom stereocenters. The minimum Gasteiger partial charge on any atom is -0.228 e. The van der Waals surface area contributed by atoms with E-state index in [1.807, 2.05) is 0 Å². The van der Waals surface area contributed by atoms with Crippen LogP contribution >= 0.6 is 20.1 Å². The van der Waals surface area contributed by atoms with E-state index in [0.717, 1.165) is 45.0 Å². The summed E-state index contributed by atoms with van der Waals surface area (Å²) >= 11 is 0. The van der Waals surface area contributed by atoms with Crippen molar-refractivity contribution in [3.05, 3.63) is 266 Å². The van der Waals surface area contributed by atoms with Crippen LogP contribution in [-0.2, 0) is 0 Å². The number of hydrogen-bond acceptors (Lipinski definition) is 2. The third-order valence-corrected chi connectivity index (χ3v) is 19.8. The lowest BCUT2D eigenvalue weighted by Crippen LogP contribution is -2.06. The number of aromatic nitrogens is 2. The van der Waals surface area contributed by atoms with Gasteiger partial charge in [-0.2, -0.15) is 0 Å². The Bertz CT molecular complexity index is 2760. The van der Waals surface area contributed by atoms with Crippen LogP contribution in [0.2, 0.25) is 0 Å². The van der Waals surface area contributed by atoms with E-state index in [4.69, 9.17) is 9.97 Å². The standard InChI is InChI=1S/C60H48N2S2/c1-45-24-21-25-46(2)59(45)60-61-57(47-26-22-40-55(42-47)63(49-28-9-3-10-29-49,50-30-11-4-12-31-50)51-32-13-5-14-33-51)44-58(62-60)48-27-23-41-56(43-48)64(52-34-15-6-16-35-52,53-36-17-7-18-37-53)54-38-19-8-20-39-54/h3-44H,1-2H3. The van der Waals surface area contributed by atoms with Gasteiger partial charge in [0.2, 0.25) is 0 Å². The van der Waals surface area contributed by atoms with Crippen molar-refractivity contribution in [1.82, 2.24) is 9.97 Å². The quantitative estimate of drug-likeness (QED) is 0.129. The molecule has 10 rings (SSSR count). The van der Waals surface area contributed by atoms with Crippen LogP contribution in [0.15, 0.2) is 294 Å². The van der Waals surface area contributed by atoms with Gasteiger partial charge in [-0.15, -0.1) is 20.1 Å². The minimum atomic E-state index is -1.92. The summed E-state index contributed by atoms with van der Waals surface area (Å²) < 4.78 is 0. The van der Waals surface area contributed by atoms with Gasteiger partial charge in [0.05, 0.1) is 11.4 Å². The predicted molar refractivity (Wildman–Crippen MR) is 268 cm³/mol. The fourth-order valence-electron chi connectivity index (χ4n) is 9.09. The van der Waals surface area contributed by atoms with Gasteiger partial charge in [0, 0.05) is 55.9 Å². The summed E-state index contributed by atoms with van der Waals surface area (Å²) in [4.78, 5) is 21.1. The first kappa shape index (κ1) is 40.8. The second-order valence-electron chi connectivity index (χ2n) is 15.9. The van der Waals surface area contributed by atoms with Gasteiger partial charge in [0.1, 0.15) is 0 Å². The molecule has 0 N–H and O–H groups in total. The van der Waals surface area contributed by atoms with Gasteiger partial charge in [-0.05, 0) is 128 Å². The number of rotatable bonds is 11. The van der Waals surface area contributed by atoms with E-state index < -0.39 is 20.1 Å². The van der Waals surface area contributed by atoms with Crippen molar-refractivity contribution in [2.24, 2.45) is 0 Å². The average molecular weight is 861 g/mol. The van der Waals surface area contributed by atoms with Crippen molar-refractivity contribution in [3.8, 4) is 33.9 Å². The number of benzene rings is 9. The Morgan fingerprint density at radius 1 is 0.266 bits per heavy atom. The minimum absolute atomic E-state index is 0.722. The molecule has 0 saturated heterocycles. The van der Waals surface area contributed by atoms with Crippen LogP contribution in [-0.4, -0.2) is 9.97 Å². The normalized spacial score (nSPS) is 12.1. The highest BCUT2D eigenvalue weighted by Crippen LogP contribution is 2.74. The van der Waals surface area contributed by atoms with Gasteiger partial charge in [0.25, 0.3) is 0 Å². The highest BCUT2D eigenvalue weighted by molar-refractivity contribution is 8.34. The fourth-order valence-corrected chi connectivity index (χ4v) is 16.9. The van der Waals surface area contributed by atoms with Crippen molar-refractivity contribution in [1.29, 1.82) is 0 Å². The Morgan fingerprint density at radius 3 is 0.828 bits per heavy atom. The Hall–Kier alpha value is -7.24. The molecule has 0 aliphatic heterocycles. The summed E-state index contributed by atoms with van der Waals surface area (Å²) in [7, 11) is -3.84. The maximum Gasteiger partial charge on any atom is 0.160 e. The SMILES string of the molecule is Cc1cccc(C)c1-c1nc(-c2cccc(S(c3ccccc3)(c3ccccc3)c3ccccc3)c2)cc(-c2cccc(S(c3ccccc3)(c3ccccc3)c3ccccc3)c2)n1.